The molecule has 4 heterocycles. The van der Waals surface area contributed by atoms with Gasteiger partial charge in [0.25, 0.3) is 0 Å². The molecule has 0 aliphatic heterocycles. The van der Waals surface area contributed by atoms with E-state index in [9.17, 15) is 0 Å². The van der Waals surface area contributed by atoms with Gasteiger partial charge in [-0.2, -0.15) is 0 Å². The molecule has 10 heteroatoms. The number of pyridine rings is 1. The fraction of sp³-hybridized carbons (Fsp3) is 0.130. The minimum Gasteiger partial charge on any atom is -0.256 e. The molecule has 0 radical (unpaired) electrons. The molecule has 18 aromatic carbocycles. The highest BCUT2D eigenvalue weighted by atomic mass is 15.1. The average Bonchev–Trinajstić information content (AvgIpc) is 0.762. The predicted molar refractivity (Wildman–Crippen MR) is 607 cm³/mol. The second-order valence-electron chi connectivity index (χ2n) is 39.3. The van der Waals surface area contributed by atoms with Crippen molar-refractivity contribution in [1.29, 1.82) is 0 Å². The highest BCUT2D eigenvalue weighted by molar-refractivity contribution is 5.95. The maximum Gasteiger partial charge on any atom is 0.164 e. The van der Waals surface area contributed by atoms with Crippen LogP contribution >= 0.6 is 0 Å². The van der Waals surface area contributed by atoms with Gasteiger partial charge < -0.3 is 0 Å². The summed E-state index contributed by atoms with van der Waals surface area (Å²) in [6.07, 6.45) is 20.0. The molecule has 10 nitrogen and oxygen atoms in total. The summed E-state index contributed by atoms with van der Waals surface area (Å²) in [7, 11) is 0. The number of rotatable bonds is 21. The van der Waals surface area contributed by atoms with Crippen LogP contribution in [0.1, 0.15) is 130 Å². The van der Waals surface area contributed by atoms with Gasteiger partial charge in [-0.1, -0.05) is 537 Å². The summed E-state index contributed by atoms with van der Waals surface area (Å²) in [5, 5.41) is 2.29. The van der Waals surface area contributed by atoms with Crippen LogP contribution in [0.4, 0.5) is 0 Å². The van der Waals surface area contributed by atoms with Crippen molar-refractivity contribution in [3.63, 3.8) is 0 Å². The van der Waals surface area contributed by atoms with Gasteiger partial charge in [-0.15, -0.1) is 0 Å². The molecule has 0 amide bonds. The van der Waals surface area contributed by atoms with Crippen molar-refractivity contribution in [3.8, 4) is 169 Å². The fourth-order valence-corrected chi connectivity index (χ4v) is 22.4. The highest BCUT2D eigenvalue weighted by Gasteiger charge is 2.39. The lowest BCUT2D eigenvalue weighted by atomic mass is 9.65. The van der Waals surface area contributed by atoms with Crippen molar-refractivity contribution in [1.82, 2.24) is 49.8 Å². The van der Waals surface area contributed by atoms with Gasteiger partial charge in [0.1, 0.15) is 0 Å². The summed E-state index contributed by atoms with van der Waals surface area (Å²) < 4.78 is 0. The highest BCUT2D eigenvalue weighted by Crippen LogP contribution is 2.51. The lowest BCUT2D eigenvalue weighted by Crippen LogP contribution is -2.30. The summed E-state index contributed by atoms with van der Waals surface area (Å²) >= 11 is 0. The Kier molecular flexibility index (Phi) is 27.6. The first-order valence-corrected chi connectivity index (χ1v) is 52.3. The first kappa shape index (κ1) is 94.0. The Hall–Kier alpha value is -17.6. The Morgan fingerprint density at radius 2 is 0.324 bits per heavy atom. The Bertz CT molecular complexity index is 8200. The third-order valence-electron chi connectivity index (χ3n) is 30.4. The maximum absolute atomic E-state index is 5.08. The molecule has 0 saturated heterocycles. The minimum absolute atomic E-state index is 0.00591. The van der Waals surface area contributed by atoms with Crippen LogP contribution in [0.3, 0.4) is 0 Å². The molecule has 25 rings (SSSR count). The van der Waals surface area contributed by atoms with Gasteiger partial charge >= 0.3 is 0 Å². The van der Waals surface area contributed by atoms with Crippen molar-refractivity contribution < 1.29 is 0 Å². The quantitative estimate of drug-likeness (QED) is 0.0686. The molecule has 3 aliphatic rings. The normalized spacial score (nSPS) is 14.0. The molecule has 714 valence electrons. The molecule has 148 heavy (non-hydrogen) atoms. The lowest BCUT2D eigenvalue weighted by molar-refractivity contribution is 0.346. The van der Waals surface area contributed by atoms with Gasteiger partial charge in [-0.3, -0.25) is 4.98 Å². The van der Waals surface area contributed by atoms with Gasteiger partial charge in [0, 0.05) is 78.1 Å². The van der Waals surface area contributed by atoms with Crippen LogP contribution in [-0.2, 0) is 16.2 Å². The Labute approximate surface area is 867 Å². The Morgan fingerprint density at radius 3 is 0.581 bits per heavy atom. The first-order chi connectivity index (χ1) is 73.2. The number of hydrogen-bond acceptors (Lipinski definition) is 10. The largest absolute Gasteiger partial charge is 0.256 e. The smallest absolute Gasteiger partial charge is 0.164 e. The molecular weight excluding hydrogens is 1800 g/mol. The van der Waals surface area contributed by atoms with E-state index in [-0.39, 0.29) is 16.2 Å². The van der Waals surface area contributed by atoms with Crippen LogP contribution in [0, 0.1) is 0 Å². The van der Waals surface area contributed by atoms with E-state index < -0.39 is 0 Å². The van der Waals surface area contributed by atoms with Crippen LogP contribution in [-0.4, -0.2) is 49.8 Å². The molecule has 0 spiro atoms. The van der Waals surface area contributed by atoms with E-state index in [1.54, 1.807) is 0 Å². The van der Waals surface area contributed by atoms with Gasteiger partial charge in [0.05, 0.1) is 5.69 Å². The SMILES string of the molecule is c1ccc(-c2ccc(-c3ccc(C4(c5ccc(-c6nc(-c7ccccc7)nc(-c7ccc(-c8ccccc8)cc7)n6)cc5)CCCCC4)cc3)cc2)cc1.c1ccc(-c2ccc(-c3nc(-c4ccccc4)nc(-c4ccc(C5(c6ccc(-c7ccccc7)cc6)CCCCC5)cc4)n3)cc2)cc1.c1ccc(-c2nc(-c3ccc(C4(c5ccc(-c6ccccn6)cc5)CCCCC4)cc3)nc(-c3cccc4ccccc34)n2)cc1. The van der Waals surface area contributed by atoms with E-state index >= 15 is 0 Å². The fourth-order valence-electron chi connectivity index (χ4n) is 22.4. The van der Waals surface area contributed by atoms with E-state index in [2.05, 4.69) is 417 Å². The van der Waals surface area contributed by atoms with Gasteiger partial charge in [-0.05, 0) is 150 Å². The zero-order valence-corrected chi connectivity index (χ0v) is 82.9. The Morgan fingerprint density at radius 1 is 0.135 bits per heavy atom. The summed E-state index contributed by atoms with van der Waals surface area (Å²) in [5.74, 6) is 6.09. The molecule has 3 aliphatic carbocycles. The number of benzene rings is 18. The van der Waals surface area contributed by atoms with Crippen molar-refractivity contribution in [2.75, 3.05) is 0 Å². The van der Waals surface area contributed by atoms with Crippen LogP contribution in [0.5, 0.6) is 0 Å². The van der Waals surface area contributed by atoms with Crippen LogP contribution in [0.2, 0.25) is 0 Å². The van der Waals surface area contributed by atoms with E-state index in [4.69, 9.17) is 44.9 Å². The van der Waals surface area contributed by atoms with Gasteiger partial charge in [-0.25, -0.2) is 44.9 Å². The molecule has 22 aromatic rings. The molecule has 3 saturated carbocycles. The predicted octanol–water partition coefficient (Wildman–Crippen LogP) is 34.9. The Balaban J connectivity index is 0.000000122. The van der Waals surface area contributed by atoms with Crippen molar-refractivity contribution in [3.05, 3.63) is 531 Å². The van der Waals surface area contributed by atoms with Gasteiger partial charge in [0.15, 0.2) is 52.4 Å². The third-order valence-corrected chi connectivity index (χ3v) is 30.4. The standard InChI is InChI=1S/C51H41N3.C45H37N3.C42H34N4/c1-5-13-37(14-6-1)39-19-21-41(22-20-39)42-27-31-46(32-28-42)51(35-11-4-12-36-51)47-33-29-45(30-34-47)50-53-48(43-17-9-3-10-18-43)52-49(54-50)44-25-23-40(24-26-44)38-15-7-2-8-16-38;1-5-13-33(14-6-1)35-19-21-38(22-20-35)43-46-42(37-17-9-3-10-18-37)47-44(48-43)39-25-29-41(30-26-39)45(31-11-4-12-32-45)40-27-23-36(24-28-40)34-15-7-2-8-16-34;1-3-13-32(14-4-1)39-44-40(46-41(45-39)37-17-11-15-30-12-5-6-16-36(30)37)33-21-25-35(26-22-33)42(27-8-2-9-28-42)34-23-19-31(20-24-34)38-18-7-10-29-43-38/h1-3,5-10,13-34H,4,11-12,35-36H2;1-3,5-10,13-30H,4,11-12,31-32H2;1,3-7,10-26,29H,2,8-9,27-28H2. The molecule has 0 bridgehead atoms. The van der Waals surface area contributed by atoms with Crippen LogP contribution < -0.4 is 0 Å². The van der Waals surface area contributed by atoms with Crippen LogP contribution in [0.15, 0.2) is 498 Å². The zero-order chi connectivity index (χ0) is 99.1. The lowest BCUT2D eigenvalue weighted by Gasteiger charge is -2.39. The second kappa shape index (κ2) is 43.5. The molecule has 0 unspecified atom stereocenters. The number of hydrogen-bond donors (Lipinski definition) is 0. The molecule has 0 atom stereocenters. The second-order valence-corrected chi connectivity index (χ2v) is 39.3. The molecule has 3 fully saturated rings. The third kappa shape index (κ3) is 20.4. The number of aromatic nitrogens is 10. The van der Waals surface area contributed by atoms with Crippen molar-refractivity contribution in [2.24, 2.45) is 0 Å². The van der Waals surface area contributed by atoms with E-state index in [1.807, 2.05) is 85.1 Å². The van der Waals surface area contributed by atoms with Crippen LogP contribution in [0.25, 0.3) is 180 Å². The first-order valence-electron chi connectivity index (χ1n) is 52.3. The minimum atomic E-state index is -0.0214. The van der Waals surface area contributed by atoms with Crippen molar-refractivity contribution >= 4 is 10.8 Å². The zero-order valence-electron chi connectivity index (χ0n) is 82.9. The van der Waals surface area contributed by atoms with E-state index in [0.717, 1.165) is 111 Å². The monoisotopic (exact) mass is 1910 g/mol. The molecule has 4 aromatic heterocycles. The average molecular weight is 1910 g/mol. The topological polar surface area (TPSA) is 129 Å². The molecule has 0 N–H and O–H groups in total. The number of nitrogens with zero attached hydrogens (tertiary/aromatic N) is 10. The summed E-state index contributed by atoms with van der Waals surface area (Å²) in [5.41, 5.74) is 31.4. The summed E-state index contributed by atoms with van der Waals surface area (Å²) in [6.45, 7) is 0. The van der Waals surface area contributed by atoms with Gasteiger partial charge in [0.2, 0.25) is 0 Å². The maximum atomic E-state index is 5.08. The van der Waals surface area contributed by atoms with E-state index in [1.165, 1.54) is 147 Å². The summed E-state index contributed by atoms with van der Waals surface area (Å²) in [4.78, 5) is 49.7. The number of fused-ring (bicyclic) bond motifs is 1. The summed E-state index contributed by atoms with van der Waals surface area (Å²) in [6, 6.07) is 174. The van der Waals surface area contributed by atoms with Crippen molar-refractivity contribution in [2.45, 2.75) is 113 Å². The van der Waals surface area contributed by atoms with E-state index in [0.29, 0.717) is 52.4 Å². The molecular formula is C138H112N10.